The molecule has 0 bridgehead atoms. The molecule has 1 aliphatic rings. The first kappa shape index (κ1) is 15.2. The summed E-state index contributed by atoms with van der Waals surface area (Å²) in [5, 5.41) is 4.48. The van der Waals surface area contributed by atoms with Gasteiger partial charge in [0.15, 0.2) is 0 Å². The zero-order valence-electron chi connectivity index (χ0n) is 13.2. The van der Waals surface area contributed by atoms with Gasteiger partial charge < -0.3 is 19.4 Å². The molecule has 0 fully saturated rings. The molecule has 0 saturated heterocycles. The molecular formula is C17H18N4O2. The van der Waals surface area contributed by atoms with E-state index in [2.05, 4.69) is 45.1 Å². The van der Waals surface area contributed by atoms with Crippen LogP contribution in [-0.4, -0.2) is 21.3 Å². The minimum atomic E-state index is 0.656. The van der Waals surface area contributed by atoms with Crippen molar-refractivity contribution in [3.8, 4) is 11.6 Å². The van der Waals surface area contributed by atoms with Crippen LogP contribution in [0, 0.1) is 6.92 Å². The predicted octanol–water partition coefficient (Wildman–Crippen LogP) is 2.49. The fourth-order valence-corrected chi connectivity index (χ4v) is 2.85. The Morgan fingerprint density at radius 1 is 1.22 bits per heavy atom. The lowest BCUT2D eigenvalue weighted by Crippen LogP contribution is -2.01. The van der Waals surface area contributed by atoms with Crippen molar-refractivity contribution in [2.45, 2.75) is 20.0 Å². The summed E-state index contributed by atoms with van der Waals surface area (Å²) >= 11 is 0. The van der Waals surface area contributed by atoms with Crippen LogP contribution in [0.15, 0.2) is 30.7 Å². The highest BCUT2D eigenvalue weighted by atomic mass is 16.5. The van der Waals surface area contributed by atoms with Gasteiger partial charge in [-0.1, -0.05) is 0 Å². The molecule has 4 rings (SSSR count). The fourth-order valence-electron chi connectivity index (χ4n) is 2.85. The van der Waals surface area contributed by atoms with Crippen LogP contribution in [0.5, 0.6) is 11.6 Å². The summed E-state index contributed by atoms with van der Waals surface area (Å²) in [5.74, 6) is 1.50. The maximum atomic E-state index is 8.00. The predicted molar refractivity (Wildman–Crippen MR) is 87.4 cm³/mol. The van der Waals surface area contributed by atoms with E-state index >= 15 is 0 Å². The average molecular weight is 310 g/mol. The number of nitrogens with zero attached hydrogens (tertiary/aromatic N) is 3. The molecule has 1 aromatic carbocycles. The fraction of sp³-hybridized carbons (Fsp3) is 0.235. The first-order chi connectivity index (χ1) is 11.2. The smallest absolute Gasteiger partial charge is 0.227 e. The summed E-state index contributed by atoms with van der Waals surface area (Å²) in [4.78, 5) is 16.6. The van der Waals surface area contributed by atoms with E-state index in [9.17, 15) is 0 Å². The molecule has 6 heteroatoms. The van der Waals surface area contributed by atoms with Gasteiger partial charge in [-0.15, -0.1) is 0 Å². The Bertz CT molecular complexity index is 857. The summed E-state index contributed by atoms with van der Waals surface area (Å²) in [5.41, 5.74) is 4.42. The summed E-state index contributed by atoms with van der Waals surface area (Å²) in [6.07, 6.45) is 3.63. The lowest BCUT2D eigenvalue weighted by Gasteiger charge is -2.11. The maximum absolute atomic E-state index is 8.00. The first-order valence-corrected chi connectivity index (χ1v) is 7.29. The van der Waals surface area contributed by atoms with Crippen molar-refractivity contribution in [3.05, 3.63) is 47.5 Å². The van der Waals surface area contributed by atoms with Gasteiger partial charge in [0.25, 0.3) is 0 Å². The highest BCUT2D eigenvalue weighted by Crippen LogP contribution is 2.32. The monoisotopic (exact) mass is 310 g/mol. The van der Waals surface area contributed by atoms with Crippen molar-refractivity contribution in [2.75, 3.05) is 0 Å². The second-order valence-corrected chi connectivity index (χ2v) is 5.36. The second kappa shape index (κ2) is 6.18. The largest absolute Gasteiger partial charge is 0.438 e. The van der Waals surface area contributed by atoms with Crippen molar-refractivity contribution in [1.82, 2.24) is 19.9 Å². The van der Waals surface area contributed by atoms with Gasteiger partial charge in [0.2, 0.25) is 5.88 Å². The summed E-state index contributed by atoms with van der Waals surface area (Å²) < 4.78 is 8.18. The minimum Gasteiger partial charge on any atom is -0.438 e. The van der Waals surface area contributed by atoms with Crippen LogP contribution in [0.1, 0.15) is 16.8 Å². The minimum absolute atomic E-state index is 0.656. The van der Waals surface area contributed by atoms with Crippen molar-refractivity contribution < 1.29 is 9.53 Å². The molecule has 6 nitrogen and oxygen atoms in total. The Labute approximate surface area is 134 Å². The normalized spacial score (nSPS) is 12.6. The summed E-state index contributed by atoms with van der Waals surface area (Å²) in [7, 11) is 2.05. The molecule has 3 aromatic rings. The SMILES string of the molecule is C=O.Cc1c(Oc2ncnc3c2CNC3)ccc2c1ccn2C. The van der Waals surface area contributed by atoms with Gasteiger partial charge in [-0.3, -0.25) is 0 Å². The molecule has 0 amide bonds. The first-order valence-electron chi connectivity index (χ1n) is 7.29. The molecule has 0 spiro atoms. The van der Waals surface area contributed by atoms with E-state index in [1.54, 1.807) is 6.33 Å². The van der Waals surface area contributed by atoms with Crippen molar-refractivity contribution in [1.29, 1.82) is 0 Å². The summed E-state index contributed by atoms with van der Waals surface area (Å²) in [6, 6.07) is 6.20. The highest BCUT2D eigenvalue weighted by molar-refractivity contribution is 5.85. The Morgan fingerprint density at radius 3 is 2.87 bits per heavy atom. The number of carbonyl (C=O) groups excluding carboxylic acids is 1. The number of ether oxygens (including phenoxy) is 1. The molecule has 0 saturated carbocycles. The van der Waals surface area contributed by atoms with Gasteiger partial charge in [-0.2, -0.15) is 0 Å². The van der Waals surface area contributed by atoms with Gasteiger partial charge in [-0.05, 0) is 25.1 Å². The number of aromatic nitrogens is 3. The second-order valence-electron chi connectivity index (χ2n) is 5.36. The quantitative estimate of drug-likeness (QED) is 0.787. The molecule has 0 atom stereocenters. The van der Waals surface area contributed by atoms with Gasteiger partial charge in [0.05, 0.1) is 11.3 Å². The van der Waals surface area contributed by atoms with Crippen LogP contribution >= 0.6 is 0 Å². The van der Waals surface area contributed by atoms with Crippen LogP contribution in [0.4, 0.5) is 0 Å². The molecule has 23 heavy (non-hydrogen) atoms. The number of fused-ring (bicyclic) bond motifs is 2. The Balaban J connectivity index is 0.000000753. The van der Waals surface area contributed by atoms with E-state index in [-0.39, 0.29) is 0 Å². The number of aryl methyl sites for hydroxylation is 2. The molecule has 1 N–H and O–H groups in total. The van der Waals surface area contributed by atoms with Gasteiger partial charge in [0.1, 0.15) is 18.9 Å². The molecule has 3 heterocycles. The lowest BCUT2D eigenvalue weighted by molar-refractivity contribution is -0.0979. The average Bonchev–Trinajstić information content (AvgIpc) is 3.20. The van der Waals surface area contributed by atoms with Crippen molar-refractivity contribution >= 4 is 17.7 Å². The number of nitrogens with one attached hydrogen (secondary N) is 1. The van der Waals surface area contributed by atoms with E-state index in [1.807, 2.05) is 19.9 Å². The van der Waals surface area contributed by atoms with Gasteiger partial charge in [-0.25, -0.2) is 9.97 Å². The van der Waals surface area contributed by atoms with E-state index in [0.717, 1.165) is 35.7 Å². The third-order valence-electron chi connectivity index (χ3n) is 4.08. The van der Waals surface area contributed by atoms with E-state index in [4.69, 9.17) is 9.53 Å². The van der Waals surface area contributed by atoms with Crippen LogP contribution in [-0.2, 0) is 24.9 Å². The number of hydrogen-bond acceptors (Lipinski definition) is 5. The third-order valence-corrected chi connectivity index (χ3v) is 4.08. The number of benzene rings is 1. The Morgan fingerprint density at radius 2 is 2.04 bits per heavy atom. The van der Waals surface area contributed by atoms with E-state index in [0.29, 0.717) is 5.88 Å². The topological polar surface area (TPSA) is 69.0 Å². The van der Waals surface area contributed by atoms with Gasteiger partial charge >= 0.3 is 0 Å². The van der Waals surface area contributed by atoms with Crippen LogP contribution in [0.3, 0.4) is 0 Å². The summed E-state index contributed by atoms with van der Waals surface area (Å²) in [6.45, 7) is 5.63. The third kappa shape index (κ3) is 2.57. The Kier molecular flexibility index (Phi) is 4.08. The zero-order chi connectivity index (χ0) is 16.4. The molecule has 118 valence electrons. The van der Waals surface area contributed by atoms with Crippen LogP contribution in [0.2, 0.25) is 0 Å². The standard InChI is InChI=1S/C16H16N4O.CH2O/c1-10-11-5-6-20(2)14(11)3-4-15(10)21-16-12-7-17-8-13(12)18-9-19-16;1-2/h3-6,9,17H,7-8H2,1-2H3;1H2. The van der Waals surface area contributed by atoms with Gasteiger partial charge in [0, 0.05) is 42.8 Å². The number of rotatable bonds is 2. The number of carbonyl (C=O) groups is 1. The lowest BCUT2D eigenvalue weighted by atomic mass is 10.1. The van der Waals surface area contributed by atoms with E-state index in [1.165, 1.54) is 10.9 Å². The van der Waals surface area contributed by atoms with E-state index < -0.39 is 0 Å². The van der Waals surface area contributed by atoms with Crippen LogP contribution in [0.25, 0.3) is 10.9 Å². The van der Waals surface area contributed by atoms with Crippen molar-refractivity contribution in [3.63, 3.8) is 0 Å². The molecule has 2 aromatic heterocycles. The molecule has 0 aliphatic carbocycles. The molecule has 0 radical (unpaired) electrons. The van der Waals surface area contributed by atoms with Crippen molar-refractivity contribution in [2.24, 2.45) is 7.05 Å². The molecule has 1 aliphatic heterocycles. The zero-order valence-corrected chi connectivity index (χ0v) is 13.2. The molecular weight excluding hydrogens is 292 g/mol. The Hall–Kier alpha value is -2.73. The molecule has 0 unspecified atom stereocenters. The van der Waals surface area contributed by atoms with Crippen LogP contribution < -0.4 is 10.1 Å². The number of hydrogen-bond donors (Lipinski definition) is 1. The highest BCUT2D eigenvalue weighted by Gasteiger charge is 2.19. The maximum Gasteiger partial charge on any atom is 0.227 e.